The van der Waals surface area contributed by atoms with E-state index in [0.717, 1.165) is 18.9 Å². The molecular formula is C19H18FN7O4. The van der Waals surface area contributed by atoms with Gasteiger partial charge in [-0.2, -0.15) is 5.10 Å². The molecule has 1 saturated carbocycles. The fraction of sp³-hybridized carbons (Fsp3) is 0.263. The minimum atomic E-state index is -1.35. The number of hydrogen-bond acceptors (Lipinski definition) is 8. The molecule has 11 nitrogen and oxygen atoms in total. The van der Waals surface area contributed by atoms with Gasteiger partial charge < -0.3 is 20.5 Å². The molecule has 0 radical (unpaired) electrons. The van der Waals surface area contributed by atoms with Gasteiger partial charge in [0.25, 0.3) is 0 Å². The zero-order chi connectivity index (χ0) is 22.1. The molecule has 1 aliphatic carbocycles. The van der Waals surface area contributed by atoms with E-state index >= 15 is 0 Å². The third kappa shape index (κ3) is 4.27. The largest absolute Gasteiger partial charge is 0.494 e. The highest BCUT2D eigenvalue weighted by Crippen LogP contribution is 2.38. The minimum absolute atomic E-state index is 0.00238. The van der Waals surface area contributed by atoms with Crippen molar-refractivity contribution in [2.24, 2.45) is 13.0 Å². The van der Waals surface area contributed by atoms with Gasteiger partial charge in [0, 0.05) is 25.1 Å². The summed E-state index contributed by atoms with van der Waals surface area (Å²) in [6, 6.07) is 3.67. The molecule has 0 unspecified atom stereocenters. The summed E-state index contributed by atoms with van der Waals surface area (Å²) < 4.78 is 21.3. The first kappa shape index (κ1) is 20.2. The van der Waals surface area contributed by atoms with Crippen LogP contribution >= 0.6 is 0 Å². The number of aromatic carboxylic acids is 1. The highest BCUT2D eigenvalue weighted by atomic mass is 19.1. The van der Waals surface area contributed by atoms with Crippen LogP contribution in [0.3, 0.4) is 0 Å². The van der Waals surface area contributed by atoms with E-state index in [-0.39, 0.29) is 46.2 Å². The van der Waals surface area contributed by atoms with Crippen LogP contribution in [0.2, 0.25) is 0 Å². The van der Waals surface area contributed by atoms with Crippen LogP contribution in [0, 0.1) is 11.7 Å². The Hall–Kier alpha value is -4.09. The van der Waals surface area contributed by atoms with Crippen molar-refractivity contribution in [3.8, 4) is 17.1 Å². The number of carbonyl (C=O) groups is 2. The van der Waals surface area contributed by atoms with Crippen LogP contribution in [0.15, 0.2) is 24.5 Å². The fourth-order valence-corrected chi connectivity index (χ4v) is 2.96. The summed E-state index contributed by atoms with van der Waals surface area (Å²) in [6.45, 7) is 0. The predicted octanol–water partition coefficient (Wildman–Crippen LogP) is 2.21. The predicted molar refractivity (Wildman–Crippen MR) is 107 cm³/mol. The molecule has 1 aliphatic rings. The molecule has 0 aliphatic heterocycles. The van der Waals surface area contributed by atoms with Crippen LogP contribution in [0.1, 0.15) is 23.3 Å². The van der Waals surface area contributed by atoms with Crippen molar-refractivity contribution in [1.29, 1.82) is 0 Å². The van der Waals surface area contributed by atoms with Gasteiger partial charge in [0.15, 0.2) is 23.1 Å². The summed E-state index contributed by atoms with van der Waals surface area (Å²) in [4.78, 5) is 27.7. The summed E-state index contributed by atoms with van der Waals surface area (Å²) in [5, 5.41) is 26.5. The molecular weight excluding hydrogens is 409 g/mol. The van der Waals surface area contributed by atoms with E-state index in [4.69, 9.17) is 4.74 Å². The van der Waals surface area contributed by atoms with Crippen molar-refractivity contribution in [3.05, 3.63) is 36.0 Å². The van der Waals surface area contributed by atoms with E-state index in [1.807, 2.05) is 0 Å². The van der Waals surface area contributed by atoms with Crippen molar-refractivity contribution >= 4 is 29.1 Å². The van der Waals surface area contributed by atoms with Gasteiger partial charge in [-0.05, 0) is 18.9 Å². The Bertz CT molecular complexity index is 1180. The zero-order valence-corrected chi connectivity index (χ0v) is 16.6. The Morgan fingerprint density at radius 1 is 1.23 bits per heavy atom. The van der Waals surface area contributed by atoms with Crippen molar-refractivity contribution in [3.63, 3.8) is 0 Å². The number of amides is 1. The first-order valence-electron chi connectivity index (χ1n) is 9.28. The van der Waals surface area contributed by atoms with Gasteiger partial charge in [0.1, 0.15) is 12.1 Å². The lowest BCUT2D eigenvalue weighted by Gasteiger charge is -2.16. The number of benzene rings is 1. The Balaban J connectivity index is 1.74. The van der Waals surface area contributed by atoms with Gasteiger partial charge in [-0.25, -0.2) is 14.2 Å². The third-order valence-electron chi connectivity index (χ3n) is 4.56. The first-order valence-corrected chi connectivity index (χ1v) is 9.28. The van der Waals surface area contributed by atoms with E-state index in [1.54, 1.807) is 7.05 Å². The Kier molecular flexibility index (Phi) is 5.19. The van der Waals surface area contributed by atoms with Crippen molar-refractivity contribution in [1.82, 2.24) is 25.0 Å². The molecule has 3 aromatic rings. The topological polar surface area (TPSA) is 144 Å². The molecule has 2 heterocycles. The van der Waals surface area contributed by atoms with Gasteiger partial charge >= 0.3 is 5.97 Å². The molecule has 0 atom stereocenters. The maximum absolute atomic E-state index is 14.4. The molecule has 3 N–H and O–H groups in total. The number of nitrogens with zero attached hydrogens (tertiary/aromatic N) is 5. The quantitative estimate of drug-likeness (QED) is 0.517. The van der Waals surface area contributed by atoms with E-state index < -0.39 is 17.5 Å². The lowest BCUT2D eigenvalue weighted by atomic mass is 10.1. The van der Waals surface area contributed by atoms with E-state index in [1.165, 1.54) is 30.3 Å². The molecule has 2 aromatic heterocycles. The van der Waals surface area contributed by atoms with Gasteiger partial charge in [0.05, 0.1) is 24.0 Å². The van der Waals surface area contributed by atoms with Crippen LogP contribution in [0.25, 0.3) is 11.4 Å². The normalized spacial score (nSPS) is 13.0. The number of nitrogens with one attached hydrogen (secondary N) is 2. The number of rotatable bonds is 7. The summed E-state index contributed by atoms with van der Waals surface area (Å²) in [6.07, 6.45) is 3.04. The van der Waals surface area contributed by atoms with Crippen molar-refractivity contribution in [2.45, 2.75) is 12.8 Å². The second kappa shape index (κ2) is 7.97. The van der Waals surface area contributed by atoms with E-state index in [9.17, 15) is 19.1 Å². The smallest absolute Gasteiger partial charge is 0.358 e. The Morgan fingerprint density at radius 2 is 2.00 bits per heavy atom. The average molecular weight is 427 g/mol. The number of methoxy groups -OCH3 is 1. The van der Waals surface area contributed by atoms with Crippen molar-refractivity contribution < 1.29 is 23.8 Å². The van der Waals surface area contributed by atoms with Gasteiger partial charge in [-0.3, -0.25) is 9.48 Å². The molecule has 12 heteroatoms. The van der Waals surface area contributed by atoms with E-state index in [0.29, 0.717) is 0 Å². The summed E-state index contributed by atoms with van der Waals surface area (Å²) >= 11 is 0. The standard InChI is InChI=1S/C19H18FN7O4/c1-27-8-21-17(26-27)11-5-10(20)6-13(16(11)31-2)22-12-7-14(23-18(28)9-3-4-9)24-25-15(12)19(29)30/h5-9H,3-4H2,1-2H3,(H,29,30)(H2,22,23,24,28). The number of hydrogen-bond donors (Lipinski definition) is 3. The molecule has 0 saturated heterocycles. The highest BCUT2D eigenvalue weighted by molar-refractivity contribution is 5.96. The molecule has 1 amide bonds. The van der Waals surface area contributed by atoms with E-state index in [2.05, 4.69) is 30.9 Å². The number of aryl methyl sites for hydroxylation is 1. The average Bonchev–Trinajstić information content (AvgIpc) is 3.48. The Morgan fingerprint density at radius 3 is 2.61 bits per heavy atom. The zero-order valence-electron chi connectivity index (χ0n) is 16.6. The number of carboxylic acids is 1. The second-order valence-corrected chi connectivity index (χ2v) is 6.96. The minimum Gasteiger partial charge on any atom is -0.494 e. The van der Waals surface area contributed by atoms with Crippen LogP contribution in [-0.2, 0) is 11.8 Å². The summed E-state index contributed by atoms with van der Waals surface area (Å²) in [7, 11) is 3.05. The molecule has 160 valence electrons. The summed E-state index contributed by atoms with van der Waals surface area (Å²) in [5.41, 5.74) is -0.0163. The number of anilines is 3. The maximum Gasteiger partial charge on any atom is 0.358 e. The van der Waals surface area contributed by atoms with Gasteiger partial charge in [0.2, 0.25) is 5.91 Å². The van der Waals surface area contributed by atoms with Crippen LogP contribution in [0.5, 0.6) is 5.75 Å². The number of carboxylic acid groups (broad SMARTS) is 1. The van der Waals surface area contributed by atoms with Crippen LogP contribution < -0.4 is 15.4 Å². The molecule has 0 bridgehead atoms. The molecule has 1 fully saturated rings. The first-order chi connectivity index (χ1) is 14.9. The molecule has 31 heavy (non-hydrogen) atoms. The molecule has 1 aromatic carbocycles. The van der Waals surface area contributed by atoms with Crippen LogP contribution in [-0.4, -0.2) is 49.1 Å². The lowest BCUT2D eigenvalue weighted by molar-refractivity contribution is -0.117. The fourth-order valence-electron chi connectivity index (χ4n) is 2.96. The molecule has 0 spiro atoms. The number of ether oxygens (including phenoxy) is 1. The SMILES string of the molecule is COc1c(Nc2cc(NC(=O)C3CC3)nnc2C(=O)O)cc(F)cc1-c1ncn(C)n1. The monoisotopic (exact) mass is 427 g/mol. The van der Waals surface area contributed by atoms with Gasteiger partial charge in [-0.1, -0.05) is 0 Å². The maximum atomic E-state index is 14.4. The molecule has 4 rings (SSSR count). The Labute approximate surface area is 175 Å². The highest BCUT2D eigenvalue weighted by Gasteiger charge is 2.30. The van der Waals surface area contributed by atoms with Gasteiger partial charge in [-0.15, -0.1) is 10.2 Å². The lowest BCUT2D eigenvalue weighted by Crippen LogP contribution is -2.16. The van der Waals surface area contributed by atoms with Crippen LogP contribution in [0.4, 0.5) is 21.6 Å². The van der Waals surface area contributed by atoms with Crippen molar-refractivity contribution in [2.75, 3.05) is 17.7 Å². The second-order valence-electron chi connectivity index (χ2n) is 6.96. The number of carbonyl (C=O) groups excluding carboxylic acids is 1. The summed E-state index contributed by atoms with van der Waals surface area (Å²) in [5.74, 6) is -1.76. The number of halogens is 1. The third-order valence-corrected chi connectivity index (χ3v) is 4.56. The number of aromatic nitrogens is 5.